The molecule has 0 radical (unpaired) electrons. The van der Waals surface area contributed by atoms with Gasteiger partial charge in [-0.25, -0.2) is 4.79 Å². The van der Waals surface area contributed by atoms with E-state index in [1.165, 1.54) is 30.5 Å². The van der Waals surface area contributed by atoms with Gasteiger partial charge in [-0.3, -0.25) is 0 Å². The van der Waals surface area contributed by atoms with Crippen molar-refractivity contribution in [1.82, 2.24) is 0 Å². The van der Waals surface area contributed by atoms with E-state index in [1.807, 2.05) is 24.3 Å². The third-order valence-electron chi connectivity index (χ3n) is 3.41. The van der Waals surface area contributed by atoms with Crippen molar-refractivity contribution in [2.45, 2.75) is 24.9 Å². The lowest BCUT2D eigenvalue weighted by Gasteiger charge is -2.09. The number of carboxylic acids is 1. The van der Waals surface area contributed by atoms with Crippen molar-refractivity contribution in [3.8, 4) is 0 Å². The van der Waals surface area contributed by atoms with E-state index >= 15 is 0 Å². The van der Waals surface area contributed by atoms with Crippen LogP contribution < -0.4 is 0 Å². The van der Waals surface area contributed by atoms with Crippen LogP contribution in [0.5, 0.6) is 0 Å². The summed E-state index contributed by atoms with van der Waals surface area (Å²) >= 11 is 0. The molecule has 1 aliphatic rings. The van der Waals surface area contributed by atoms with Crippen LogP contribution in [0.1, 0.15) is 52.3 Å². The van der Waals surface area contributed by atoms with Crippen LogP contribution in [0.2, 0.25) is 0 Å². The van der Waals surface area contributed by atoms with Crippen molar-refractivity contribution in [2.75, 3.05) is 0 Å². The van der Waals surface area contributed by atoms with Crippen molar-refractivity contribution < 1.29 is 19.4 Å². The molecule has 2 N–H and O–H groups in total. The molecular formula is C15H14O4. The first-order chi connectivity index (χ1) is 9.15. The fourth-order valence-corrected chi connectivity index (χ4v) is 2.15. The van der Waals surface area contributed by atoms with Gasteiger partial charge in [-0.05, 0) is 42.0 Å². The summed E-state index contributed by atoms with van der Waals surface area (Å²) in [5.74, 6) is -0.379. The highest BCUT2D eigenvalue weighted by atomic mass is 16.4. The number of rotatable bonds is 4. The van der Waals surface area contributed by atoms with Crippen LogP contribution in [0.25, 0.3) is 0 Å². The Kier molecular flexibility index (Phi) is 2.87. The van der Waals surface area contributed by atoms with Gasteiger partial charge in [0, 0.05) is 0 Å². The highest BCUT2D eigenvalue weighted by Crippen LogP contribution is 2.40. The number of hydrogen-bond acceptors (Lipinski definition) is 3. The Balaban J connectivity index is 1.81. The minimum Gasteiger partial charge on any atom is -0.475 e. The van der Waals surface area contributed by atoms with Gasteiger partial charge >= 0.3 is 5.97 Å². The van der Waals surface area contributed by atoms with Crippen LogP contribution in [0, 0.1) is 0 Å². The minimum absolute atomic E-state index is 0.163. The molecule has 2 aromatic rings. The Morgan fingerprint density at radius 3 is 2.37 bits per heavy atom. The third kappa shape index (κ3) is 2.39. The zero-order valence-corrected chi connectivity index (χ0v) is 10.2. The average molecular weight is 258 g/mol. The fourth-order valence-electron chi connectivity index (χ4n) is 2.15. The molecule has 0 bridgehead atoms. The van der Waals surface area contributed by atoms with Gasteiger partial charge in [-0.15, -0.1) is 0 Å². The van der Waals surface area contributed by atoms with Gasteiger partial charge in [0.15, 0.2) is 0 Å². The lowest BCUT2D eigenvalue weighted by Crippen LogP contribution is -1.99. The fraction of sp³-hybridized carbons (Fsp3) is 0.267. The number of carbonyl (C=O) groups is 1. The van der Waals surface area contributed by atoms with E-state index in [0.29, 0.717) is 11.5 Å². The molecule has 0 amide bonds. The van der Waals surface area contributed by atoms with E-state index < -0.39 is 12.1 Å². The average Bonchev–Trinajstić information content (AvgIpc) is 3.14. The normalized spacial score (nSPS) is 16.3. The zero-order valence-electron chi connectivity index (χ0n) is 10.2. The molecule has 1 aromatic heterocycles. The SMILES string of the molecule is O=C(O)c1ccc(C(O)c2ccc(C3CC3)cc2)o1. The summed E-state index contributed by atoms with van der Waals surface area (Å²) < 4.78 is 5.10. The maximum atomic E-state index is 10.7. The molecule has 1 unspecified atom stereocenters. The van der Waals surface area contributed by atoms with Gasteiger partial charge in [0.25, 0.3) is 0 Å². The van der Waals surface area contributed by atoms with E-state index in [4.69, 9.17) is 9.52 Å². The molecule has 1 heterocycles. The molecule has 4 heteroatoms. The number of aromatic carboxylic acids is 1. The molecule has 1 aliphatic carbocycles. The van der Waals surface area contributed by atoms with Crippen molar-refractivity contribution in [2.24, 2.45) is 0 Å². The van der Waals surface area contributed by atoms with Crippen molar-refractivity contribution in [3.63, 3.8) is 0 Å². The Morgan fingerprint density at radius 1 is 1.16 bits per heavy atom. The Labute approximate surface area is 110 Å². The molecule has 1 aromatic carbocycles. The number of furan rings is 1. The summed E-state index contributed by atoms with van der Waals surface area (Å²) in [5, 5.41) is 18.9. The van der Waals surface area contributed by atoms with Gasteiger partial charge in [0.2, 0.25) is 5.76 Å². The Bertz CT molecular complexity index is 593. The highest BCUT2D eigenvalue weighted by molar-refractivity contribution is 5.84. The van der Waals surface area contributed by atoms with E-state index in [9.17, 15) is 9.90 Å². The molecule has 3 rings (SSSR count). The summed E-state index contributed by atoms with van der Waals surface area (Å²) in [5.41, 5.74) is 2.00. The molecule has 0 aliphatic heterocycles. The van der Waals surface area contributed by atoms with E-state index in [1.54, 1.807) is 0 Å². The van der Waals surface area contributed by atoms with Crippen LogP contribution in [0.15, 0.2) is 40.8 Å². The number of aliphatic hydroxyl groups excluding tert-OH is 1. The quantitative estimate of drug-likeness (QED) is 0.884. The molecule has 1 saturated carbocycles. The van der Waals surface area contributed by atoms with E-state index in [-0.39, 0.29) is 11.5 Å². The molecule has 1 atom stereocenters. The van der Waals surface area contributed by atoms with Gasteiger partial charge in [-0.2, -0.15) is 0 Å². The largest absolute Gasteiger partial charge is 0.475 e. The van der Waals surface area contributed by atoms with E-state index in [0.717, 1.165) is 0 Å². The van der Waals surface area contributed by atoms with Gasteiger partial charge in [0.1, 0.15) is 11.9 Å². The lowest BCUT2D eigenvalue weighted by atomic mass is 10.0. The number of carboxylic acid groups (broad SMARTS) is 1. The predicted octanol–water partition coefficient (Wildman–Crippen LogP) is 2.94. The highest BCUT2D eigenvalue weighted by Gasteiger charge is 2.24. The minimum atomic E-state index is -1.14. The molecule has 0 saturated heterocycles. The lowest BCUT2D eigenvalue weighted by molar-refractivity contribution is 0.0655. The molecular weight excluding hydrogens is 244 g/mol. The summed E-state index contributed by atoms with van der Waals surface area (Å²) in [4.78, 5) is 10.7. The first kappa shape index (κ1) is 12.0. The smallest absolute Gasteiger partial charge is 0.371 e. The monoisotopic (exact) mass is 258 g/mol. The standard InChI is InChI=1S/C15H14O4/c16-14(12-7-8-13(19-12)15(17)18)11-5-3-10(4-6-11)9-1-2-9/h3-9,14,16H,1-2H2,(H,17,18). The van der Waals surface area contributed by atoms with Crippen LogP contribution in [0.4, 0.5) is 0 Å². The first-order valence-electron chi connectivity index (χ1n) is 6.26. The molecule has 1 fully saturated rings. The van der Waals surface area contributed by atoms with Crippen molar-refractivity contribution in [3.05, 3.63) is 59.0 Å². The maximum Gasteiger partial charge on any atom is 0.371 e. The number of hydrogen-bond donors (Lipinski definition) is 2. The van der Waals surface area contributed by atoms with Crippen LogP contribution in [-0.4, -0.2) is 16.2 Å². The van der Waals surface area contributed by atoms with Crippen LogP contribution >= 0.6 is 0 Å². The van der Waals surface area contributed by atoms with Crippen molar-refractivity contribution in [1.29, 1.82) is 0 Å². The molecule has 19 heavy (non-hydrogen) atoms. The Morgan fingerprint density at radius 2 is 1.84 bits per heavy atom. The van der Waals surface area contributed by atoms with Gasteiger partial charge < -0.3 is 14.6 Å². The van der Waals surface area contributed by atoms with E-state index in [2.05, 4.69) is 0 Å². The maximum absolute atomic E-state index is 10.7. The summed E-state index contributed by atoms with van der Waals surface area (Å²) in [6, 6.07) is 10.6. The number of benzene rings is 1. The molecule has 4 nitrogen and oxygen atoms in total. The van der Waals surface area contributed by atoms with Crippen LogP contribution in [0.3, 0.4) is 0 Å². The second-order valence-electron chi connectivity index (χ2n) is 4.85. The topological polar surface area (TPSA) is 70.7 Å². The first-order valence-corrected chi connectivity index (χ1v) is 6.26. The molecule has 0 spiro atoms. The third-order valence-corrected chi connectivity index (χ3v) is 3.41. The summed E-state index contributed by atoms with van der Waals surface area (Å²) in [6.45, 7) is 0. The predicted molar refractivity (Wildman–Crippen MR) is 68.1 cm³/mol. The van der Waals surface area contributed by atoms with Gasteiger partial charge in [-0.1, -0.05) is 24.3 Å². The summed E-state index contributed by atoms with van der Waals surface area (Å²) in [7, 11) is 0. The number of aliphatic hydroxyl groups is 1. The van der Waals surface area contributed by atoms with Gasteiger partial charge in [0.05, 0.1) is 0 Å². The Hall–Kier alpha value is -2.07. The zero-order chi connectivity index (χ0) is 13.4. The second kappa shape index (κ2) is 4.55. The van der Waals surface area contributed by atoms with Crippen LogP contribution in [-0.2, 0) is 0 Å². The summed E-state index contributed by atoms with van der Waals surface area (Å²) in [6.07, 6.45) is 1.55. The van der Waals surface area contributed by atoms with Crippen molar-refractivity contribution >= 4 is 5.97 Å². The second-order valence-corrected chi connectivity index (χ2v) is 4.85. The molecule has 98 valence electrons.